The SMILES string of the molecule is CSCC=NO. The van der Waals surface area contributed by atoms with Crippen LogP contribution < -0.4 is 0 Å². The van der Waals surface area contributed by atoms with Crippen LogP contribution in [0.25, 0.3) is 0 Å². The van der Waals surface area contributed by atoms with Crippen molar-refractivity contribution in [2.45, 2.75) is 0 Å². The van der Waals surface area contributed by atoms with Gasteiger partial charge in [0.15, 0.2) is 0 Å². The molecule has 0 aromatic carbocycles. The minimum atomic E-state index is 0.788. The molecule has 0 aromatic heterocycles. The van der Waals surface area contributed by atoms with Gasteiger partial charge < -0.3 is 5.21 Å². The molecule has 0 spiro atoms. The van der Waals surface area contributed by atoms with Crippen molar-refractivity contribution in [3.8, 4) is 0 Å². The Morgan fingerprint density at radius 1 is 2.00 bits per heavy atom. The van der Waals surface area contributed by atoms with Crippen LogP contribution in [-0.2, 0) is 0 Å². The predicted octanol–water partition coefficient (Wildman–Crippen LogP) is 0.809. The summed E-state index contributed by atoms with van der Waals surface area (Å²) in [6.45, 7) is 0. The van der Waals surface area contributed by atoms with E-state index in [9.17, 15) is 0 Å². The first-order chi connectivity index (χ1) is 2.91. The maximum Gasteiger partial charge on any atom is 0.0534 e. The second kappa shape index (κ2) is 4.82. The zero-order valence-corrected chi connectivity index (χ0v) is 4.40. The molecule has 0 radical (unpaired) electrons. The van der Waals surface area contributed by atoms with Gasteiger partial charge in [0, 0.05) is 5.75 Å². The molecule has 0 atom stereocenters. The molecule has 36 valence electrons. The van der Waals surface area contributed by atoms with Crippen molar-refractivity contribution < 1.29 is 5.21 Å². The zero-order valence-electron chi connectivity index (χ0n) is 3.59. The maximum atomic E-state index is 7.75. The van der Waals surface area contributed by atoms with Crippen LogP contribution in [0, 0.1) is 0 Å². The number of hydrogen-bond acceptors (Lipinski definition) is 3. The van der Waals surface area contributed by atoms with Crippen LogP contribution in [0.2, 0.25) is 0 Å². The van der Waals surface area contributed by atoms with E-state index in [1.54, 1.807) is 11.8 Å². The highest BCUT2D eigenvalue weighted by Crippen LogP contribution is 1.83. The summed E-state index contributed by atoms with van der Waals surface area (Å²) in [5, 5.41) is 10.5. The van der Waals surface area contributed by atoms with Crippen molar-refractivity contribution in [3.05, 3.63) is 0 Å². The summed E-state index contributed by atoms with van der Waals surface area (Å²) in [5.74, 6) is 0.788. The van der Waals surface area contributed by atoms with E-state index in [0.717, 1.165) is 5.75 Å². The standard InChI is InChI=1S/C3H7NOS/c1-6-3-2-4-5/h2,5H,3H2,1H3. The van der Waals surface area contributed by atoms with Crippen molar-refractivity contribution in [1.29, 1.82) is 0 Å². The summed E-state index contributed by atoms with van der Waals surface area (Å²) < 4.78 is 0. The van der Waals surface area contributed by atoms with Crippen LogP contribution in [0.5, 0.6) is 0 Å². The van der Waals surface area contributed by atoms with Crippen LogP contribution in [0.3, 0.4) is 0 Å². The Balaban J connectivity index is 2.66. The molecule has 2 nitrogen and oxygen atoms in total. The highest BCUT2D eigenvalue weighted by Gasteiger charge is 1.67. The molecule has 0 unspecified atom stereocenters. The van der Waals surface area contributed by atoms with E-state index in [0.29, 0.717) is 0 Å². The van der Waals surface area contributed by atoms with Crippen LogP contribution >= 0.6 is 11.8 Å². The van der Waals surface area contributed by atoms with E-state index in [2.05, 4.69) is 5.16 Å². The molecule has 0 heterocycles. The van der Waals surface area contributed by atoms with Gasteiger partial charge in [-0.05, 0) is 6.26 Å². The first kappa shape index (κ1) is 5.82. The number of hydrogen-bond donors (Lipinski definition) is 1. The molecule has 0 saturated heterocycles. The van der Waals surface area contributed by atoms with Gasteiger partial charge in [-0.3, -0.25) is 0 Å². The van der Waals surface area contributed by atoms with Gasteiger partial charge in [0.05, 0.1) is 6.21 Å². The largest absolute Gasteiger partial charge is 0.411 e. The third-order valence-electron chi connectivity index (χ3n) is 0.323. The topological polar surface area (TPSA) is 32.6 Å². The fourth-order valence-electron chi connectivity index (χ4n) is 0.108. The van der Waals surface area contributed by atoms with Gasteiger partial charge in [0.25, 0.3) is 0 Å². The summed E-state index contributed by atoms with van der Waals surface area (Å²) >= 11 is 1.62. The fraction of sp³-hybridized carbons (Fsp3) is 0.667. The molecule has 0 fully saturated rings. The van der Waals surface area contributed by atoms with Crippen LogP contribution in [0.15, 0.2) is 5.16 Å². The van der Waals surface area contributed by atoms with Gasteiger partial charge in [-0.2, -0.15) is 11.8 Å². The Bertz CT molecular complexity index is 46.1. The van der Waals surface area contributed by atoms with Crippen LogP contribution in [0.4, 0.5) is 0 Å². The quantitative estimate of drug-likeness (QED) is 0.320. The van der Waals surface area contributed by atoms with Gasteiger partial charge in [-0.1, -0.05) is 0 Å². The van der Waals surface area contributed by atoms with Crippen molar-refractivity contribution in [2.75, 3.05) is 12.0 Å². The Morgan fingerprint density at radius 2 is 2.67 bits per heavy atom. The highest BCUT2D eigenvalue weighted by atomic mass is 32.2. The van der Waals surface area contributed by atoms with Crippen molar-refractivity contribution in [1.82, 2.24) is 0 Å². The van der Waals surface area contributed by atoms with E-state index < -0.39 is 0 Å². The van der Waals surface area contributed by atoms with Gasteiger partial charge in [-0.25, -0.2) is 0 Å². The number of rotatable bonds is 2. The minimum Gasteiger partial charge on any atom is -0.411 e. The first-order valence-electron chi connectivity index (χ1n) is 1.56. The Kier molecular flexibility index (Phi) is 4.68. The van der Waals surface area contributed by atoms with Gasteiger partial charge in [0.1, 0.15) is 0 Å². The van der Waals surface area contributed by atoms with E-state index >= 15 is 0 Å². The molecule has 3 heteroatoms. The van der Waals surface area contributed by atoms with Gasteiger partial charge in [0.2, 0.25) is 0 Å². The molecule has 0 rings (SSSR count). The molecule has 1 N–H and O–H groups in total. The molecule has 0 amide bonds. The van der Waals surface area contributed by atoms with E-state index in [1.165, 1.54) is 6.21 Å². The molecule has 0 aliphatic carbocycles. The highest BCUT2D eigenvalue weighted by molar-refractivity contribution is 7.99. The first-order valence-corrected chi connectivity index (χ1v) is 2.96. The second-order valence-corrected chi connectivity index (χ2v) is 1.66. The summed E-state index contributed by atoms with van der Waals surface area (Å²) in [5.41, 5.74) is 0. The zero-order chi connectivity index (χ0) is 4.83. The molecular formula is C3H7NOS. The van der Waals surface area contributed by atoms with Crippen LogP contribution in [0.1, 0.15) is 0 Å². The monoisotopic (exact) mass is 105 g/mol. The molecule has 0 aliphatic heterocycles. The summed E-state index contributed by atoms with van der Waals surface area (Å²) in [6, 6.07) is 0. The summed E-state index contributed by atoms with van der Waals surface area (Å²) in [4.78, 5) is 0. The average Bonchev–Trinajstić information content (AvgIpc) is 1.61. The summed E-state index contributed by atoms with van der Waals surface area (Å²) in [6.07, 6.45) is 3.40. The summed E-state index contributed by atoms with van der Waals surface area (Å²) in [7, 11) is 0. The van der Waals surface area contributed by atoms with Crippen LogP contribution in [-0.4, -0.2) is 23.4 Å². The smallest absolute Gasteiger partial charge is 0.0534 e. The fourth-order valence-corrected chi connectivity index (χ4v) is 0.324. The lowest BCUT2D eigenvalue weighted by Gasteiger charge is -1.75. The molecule has 0 bridgehead atoms. The molecule has 0 aliphatic rings. The Hall–Kier alpha value is -0.180. The third-order valence-corrected chi connectivity index (χ3v) is 0.805. The molecule has 0 saturated carbocycles. The Labute approximate surface area is 41.2 Å². The lowest BCUT2D eigenvalue weighted by Crippen LogP contribution is -1.73. The second-order valence-electron chi connectivity index (χ2n) is 0.753. The van der Waals surface area contributed by atoms with Crippen molar-refractivity contribution in [3.63, 3.8) is 0 Å². The minimum absolute atomic E-state index is 0.788. The van der Waals surface area contributed by atoms with Gasteiger partial charge in [-0.15, -0.1) is 5.16 Å². The van der Waals surface area contributed by atoms with E-state index in [4.69, 9.17) is 5.21 Å². The lowest BCUT2D eigenvalue weighted by atomic mass is 10.9. The van der Waals surface area contributed by atoms with Crippen molar-refractivity contribution in [2.24, 2.45) is 5.16 Å². The average molecular weight is 105 g/mol. The molecular weight excluding hydrogens is 98.1 g/mol. The molecule has 6 heavy (non-hydrogen) atoms. The van der Waals surface area contributed by atoms with E-state index in [1.807, 2.05) is 6.26 Å². The van der Waals surface area contributed by atoms with Gasteiger partial charge >= 0.3 is 0 Å². The number of thioether (sulfide) groups is 1. The lowest BCUT2D eigenvalue weighted by molar-refractivity contribution is 0.321. The number of oxime groups is 1. The normalized spacial score (nSPS) is 10.2. The maximum absolute atomic E-state index is 7.75. The molecule has 0 aromatic rings. The number of nitrogens with zero attached hydrogens (tertiary/aromatic N) is 1. The van der Waals surface area contributed by atoms with Crippen molar-refractivity contribution >= 4 is 18.0 Å². The third kappa shape index (κ3) is 3.82. The Morgan fingerprint density at radius 3 is 2.83 bits per heavy atom. The predicted molar refractivity (Wildman–Crippen MR) is 28.7 cm³/mol. The van der Waals surface area contributed by atoms with E-state index in [-0.39, 0.29) is 0 Å².